The van der Waals surface area contributed by atoms with Gasteiger partial charge in [-0.3, -0.25) is 10.1 Å². The zero-order valence-electron chi connectivity index (χ0n) is 8.37. The minimum Gasteiger partial charge on any atom is -0.377 e. The molecule has 1 aromatic carbocycles. The summed E-state index contributed by atoms with van der Waals surface area (Å²) in [6, 6.07) is 2.63. The molecule has 0 amide bonds. The SMILES string of the molecule is O=[N+]([O-])c1cc(F)c(Br)cc1NC1CCC1. The lowest BCUT2D eigenvalue weighted by molar-refractivity contribution is -0.384. The first kappa shape index (κ1) is 11.3. The van der Waals surface area contributed by atoms with Crippen molar-refractivity contribution in [3.63, 3.8) is 0 Å². The molecular weight excluding hydrogens is 279 g/mol. The summed E-state index contributed by atoms with van der Waals surface area (Å²) < 4.78 is 13.4. The van der Waals surface area contributed by atoms with E-state index in [0.717, 1.165) is 25.3 Å². The molecule has 1 aliphatic rings. The van der Waals surface area contributed by atoms with Gasteiger partial charge in [0.15, 0.2) is 0 Å². The van der Waals surface area contributed by atoms with Gasteiger partial charge < -0.3 is 5.32 Å². The van der Waals surface area contributed by atoms with E-state index in [1.54, 1.807) is 0 Å². The van der Waals surface area contributed by atoms with Crippen molar-refractivity contribution in [2.45, 2.75) is 25.3 Å². The molecule has 0 heterocycles. The molecule has 0 aliphatic heterocycles. The molecule has 6 heteroatoms. The van der Waals surface area contributed by atoms with Gasteiger partial charge in [-0.05, 0) is 41.3 Å². The van der Waals surface area contributed by atoms with Crippen LogP contribution in [-0.4, -0.2) is 11.0 Å². The molecule has 0 radical (unpaired) electrons. The molecule has 1 aromatic rings. The first-order valence-electron chi connectivity index (χ1n) is 4.98. The van der Waals surface area contributed by atoms with Crippen LogP contribution in [0.5, 0.6) is 0 Å². The predicted octanol–water partition coefficient (Wildman–Crippen LogP) is 3.46. The van der Waals surface area contributed by atoms with Gasteiger partial charge in [0.25, 0.3) is 5.69 Å². The van der Waals surface area contributed by atoms with Crippen LogP contribution >= 0.6 is 15.9 Å². The second-order valence-corrected chi connectivity index (χ2v) is 4.67. The fraction of sp³-hybridized carbons (Fsp3) is 0.400. The van der Waals surface area contributed by atoms with E-state index >= 15 is 0 Å². The maximum absolute atomic E-state index is 13.2. The van der Waals surface area contributed by atoms with Crippen molar-refractivity contribution < 1.29 is 9.31 Å². The van der Waals surface area contributed by atoms with Gasteiger partial charge in [-0.15, -0.1) is 0 Å². The van der Waals surface area contributed by atoms with Crippen LogP contribution in [0.2, 0.25) is 0 Å². The van der Waals surface area contributed by atoms with Crippen molar-refractivity contribution in [1.29, 1.82) is 0 Å². The average Bonchev–Trinajstić information content (AvgIpc) is 2.16. The molecule has 16 heavy (non-hydrogen) atoms. The summed E-state index contributed by atoms with van der Waals surface area (Å²) >= 11 is 3.02. The zero-order valence-corrected chi connectivity index (χ0v) is 9.96. The normalized spacial score (nSPS) is 15.6. The number of rotatable bonds is 3. The number of nitro groups is 1. The molecule has 0 spiro atoms. The quantitative estimate of drug-likeness (QED) is 0.684. The summed E-state index contributed by atoms with van der Waals surface area (Å²) in [7, 11) is 0. The number of hydrogen-bond donors (Lipinski definition) is 1. The fourth-order valence-electron chi connectivity index (χ4n) is 1.58. The van der Waals surface area contributed by atoms with Crippen molar-refractivity contribution in [3.05, 3.63) is 32.5 Å². The highest BCUT2D eigenvalue weighted by molar-refractivity contribution is 9.10. The number of nitro benzene ring substituents is 1. The van der Waals surface area contributed by atoms with Crippen LogP contribution in [0.15, 0.2) is 16.6 Å². The van der Waals surface area contributed by atoms with Crippen LogP contribution in [-0.2, 0) is 0 Å². The number of nitrogens with zero attached hydrogens (tertiary/aromatic N) is 1. The third-order valence-electron chi connectivity index (χ3n) is 2.70. The van der Waals surface area contributed by atoms with E-state index in [9.17, 15) is 14.5 Å². The maximum Gasteiger partial charge on any atom is 0.295 e. The zero-order chi connectivity index (χ0) is 11.7. The number of nitrogens with one attached hydrogen (secondary N) is 1. The molecule has 1 N–H and O–H groups in total. The molecule has 1 aliphatic carbocycles. The Balaban J connectivity index is 2.32. The molecule has 2 rings (SSSR count). The molecule has 86 valence electrons. The Kier molecular flexibility index (Phi) is 3.09. The second kappa shape index (κ2) is 4.37. The fourth-order valence-corrected chi connectivity index (χ4v) is 1.92. The minimum absolute atomic E-state index is 0.215. The Bertz CT molecular complexity index is 435. The second-order valence-electron chi connectivity index (χ2n) is 3.81. The molecule has 1 fully saturated rings. The Morgan fingerprint density at radius 3 is 2.69 bits per heavy atom. The number of halogens is 2. The van der Waals surface area contributed by atoms with Crippen LogP contribution in [0.4, 0.5) is 15.8 Å². The van der Waals surface area contributed by atoms with Crippen LogP contribution in [0.25, 0.3) is 0 Å². The third kappa shape index (κ3) is 2.16. The van der Waals surface area contributed by atoms with Gasteiger partial charge in [0.2, 0.25) is 0 Å². The lowest BCUT2D eigenvalue weighted by Gasteiger charge is -2.27. The first-order chi connectivity index (χ1) is 7.58. The van der Waals surface area contributed by atoms with E-state index in [0.29, 0.717) is 5.69 Å². The van der Waals surface area contributed by atoms with Gasteiger partial charge >= 0.3 is 0 Å². The molecule has 0 saturated heterocycles. The van der Waals surface area contributed by atoms with Crippen molar-refractivity contribution in [2.75, 3.05) is 5.32 Å². The molecular formula is C10H10BrFN2O2. The van der Waals surface area contributed by atoms with Gasteiger partial charge in [-0.2, -0.15) is 0 Å². The Labute approximate surface area is 100 Å². The topological polar surface area (TPSA) is 55.2 Å². The van der Waals surface area contributed by atoms with Gasteiger partial charge in [-0.25, -0.2) is 4.39 Å². The van der Waals surface area contributed by atoms with Gasteiger partial charge in [-0.1, -0.05) is 0 Å². The van der Waals surface area contributed by atoms with Crippen molar-refractivity contribution in [3.8, 4) is 0 Å². The Morgan fingerprint density at radius 1 is 1.50 bits per heavy atom. The highest BCUT2D eigenvalue weighted by atomic mass is 79.9. The van der Waals surface area contributed by atoms with Crippen LogP contribution in [0.3, 0.4) is 0 Å². The molecule has 0 unspecified atom stereocenters. The van der Waals surface area contributed by atoms with Crippen molar-refractivity contribution in [1.82, 2.24) is 0 Å². The summed E-state index contributed by atoms with van der Waals surface area (Å²) in [5.74, 6) is -0.620. The Morgan fingerprint density at radius 2 is 2.19 bits per heavy atom. The van der Waals surface area contributed by atoms with E-state index in [2.05, 4.69) is 21.2 Å². The average molecular weight is 289 g/mol. The summed E-state index contributed by atoms with van der Waals surface area (Å²) in [6.45, 7) is 0. The number of hydrogen-bond acceptors (Lipinski definition) is 3. The Hall–Kier alpha value is -1.17. The number of anilines is 1. The molecule has 1 saturated carbocycles. The summed E-state index contributed by atoms with van der Waals surface area (Å²) in [4.78, 5) is 10.2. The summed E-state index contributed by atoms with van der Waals surface area (Å²) in [5, 5.41) is 13.8. The first-order valence-corrected chi connectivity index (χ1v) is 5.77. The van der Waals surface area contributed by atoms with E-state index in [4.69, 9.17) is 0 Å². The van der Waals surface area contributed by atoms with Crippen LogP contribution < -0.4 is 5.32 Å². The van der Waals surface area contributed by atoms with Gasteiger partial charge in [0, 0.05) is 6.04 Å². The summed E-state index contributed by atoms with van der Waals surface area (Å²) in [6.07, 6.45) is 3.14. The lowest BCUT2D eigenvalue weighted by atomic mass is 9.93. The van der Waals surface area contributed by atoms with E-state index < -0.39 is 10.7 Å². The largest absolute Gasteiger partial charge is 0.377 e. The minimum atomic E-state index is -0.620. The smallest absolute Gasteiger partial charge is 0.295 e. The summed E-state index contributed by atoms with van der Waals surface area (Å²) in [5.41, 5.74) is 0.163. The van der Waals surface area contributed by atoms with Crippen LogP contribution in [0.1, 0.15) is 19.3 Å². The van der Waals surface area contributed by atoms with Gasteiger partial charge in [0.1, 0.15) is 11.5 Å². The predicted molar refractivity (Wildman–Crippen MR) is 62.0 cm³/mol. The maximum atomic E-state index is 13.2. The molecule has 0 bridgehead atoms. The monoisotopic (exact) mass is 288 g/mol. The van der Waals surface area contributed by atoms with Crippen LogP contribution in [0, 0.1) is 15.9 Å². The third-order valence-corrected chi connectivity index (χ3v) is 3.31. The van der Waals surface area contributed by atoms with E-state index in [1.165, 1.54) is 6.07 Å². The van der Waals surface area contributed by atoms with Crippen molar-refractivity contribution >= 4 is 27.3 Å². The van der Waals surface area contributed by atoms with E-state index in [-0.39, 0.29) is 16.2 Å². The molecule has 0 aromatic heterocycles. The standard InChI is InChI=1S/C10H10BrFN2O2/c11-7-4-9(13-6-2-1-3-6)10(14(15)16)5-8(7)12/h4-6,13H,1-3H2. The lowest BCUT2D eigenvalue weighted by Crippen LogP contribution is -2.27. The highest BCUT2D eigenvalue weighted by Crippen LogP contribution is 2.33. The molecule has 0 atom stereocenters. The number of benzene rings is 1. The van der Waals surface area contributed by atoms with E-state index in [1.807, 2.05) is 0 Å². The van der Waals surface area contributed by atoms with Gasteiger partial charge in [0.05, 0.1) is 15.5 Å². The molecule has 4 nitrogen and oxygen atoms in total. The highest BCUT2D eigenvalue weighted by Gasteiger charge is 2.23. The van der Waals surface area contributed by atoms with Crippen molar-refractivity contribution in [2.24, 2.45) is 0 Å².